The summed E-state index contributed by atoms with van der Waals surface area (Å²) in [6.45, 7) is 3.96. The van der Waals surface area contributed by atoms with E-state index in [2.05, 4.69) is 36.8 Å². The Morgan fingerprint density at radius 3 is 2.44 bits per heavy atom. The van der Waals surface area contributed by atoms with Gasteiger partial charge < -0.3 is 19.7 Å². The van der Waals surface area contributed by atoms with Crippen LogP contribution in [-0.4, -0.2) is 28.5 Å². The highest BCUT2D eigenvalue weighted by molar-refractivity contribution is 9.11. The standard InChI is InChI=1S/C19H16Br2N2O4/c1-3-23(18(24)19(25)26)11-6-14(20)17(15(21)7-11)27-12-4-5-16-13(8-12)10(2)9-22-16/h4-9,22H,3H2,1-2H3,(H,25,26). The van der Waals surface area contributed by atoms with Gasteiger partial charge in [-0.05, 0) is 81.6 Å². The van der Waals surface area contributed by atoms with Crippen molar-refractivity contribution in [1.29, 1.82) is 0 Å². The van der Waals surface area contributed by atoms with Gasteiger partial charge in [0.15, 0.2) is 5.75 Å². The fraction of sp³-hybridized carbons (Fsp3) is 0.158. The lowest BCUT2D eigenvalue weighted by molar-refractivity contribution is -0.148. The molecule has 0 aliphatic heterocycles. The second-order valence-electron chi connectivity index (χ2n) is 5.87. The van der Waals surface area contributed by atoms with Crippen LogP contribution in [0.1, 0.15) is 12.5 Å². The van der Waals surface area contributed by atoms with Crippen LogP contribution >= 0.6 is 31.9 Å². The lowest BCUT2D eigenvalue weighted by Gasteiger charge is -2.20. The maximum atomic E-state index is 11.9. The van der Waals surface area contributed by atoms with Crippen LogP contribution in [0, 0.1) is 6.92 Å². The van der Waals surface area contributed by atoms with E-state index in [9.17, 15) is 9.59 Å². The predicted molar refractivity (Wildman–Crippen MR) is 111 cm³/mol. The second-order valence-corrected chi connectivity index (χ2v) is 7.58. The lowest BCUT2D eigenvalue weighted by Crippen LogP contribution is -2.36. The van der Waals surface area contributed by atoms with Crippen molar-refractivity contribution in [2.75, 3.05) is 11.4 Å². The molecule has 0 bridgehead atoms. The van der Waals surface area contributed by atoms with E-state index in [-0.39, 0.29) is 6.54 Å². The van der Waals surface area contributed by atoms with Gasteiger partial charge in [-0.15, -0.1) is 0 Å². The largest absolute Gasteiger partial charge is 0.474 e. The Kier molecular flexibility index (Phi) is 5.57. The van der Waals surface area contributed by atoms with E-state index < -0.39 is 11.9 Å². The minimum Gasteiger partial charge on any atom is -0.474 e. The van der Waals surface area contributed by atoms with Crippen molar-refractivity contribution in [3.8, 4) is 11.5 Å². The second kappa shape index (κ2) is 7.74. The van der Waals surface area contributed by atoms with Gasteiger partial charge in [0.2, 0.25) is 0 Å². The van der Waals surface area contributed by atoms with Crippen molar-refractivity contribution < 1.29 is 19.4 Å². The number of nitrogens with zero attached hydrogens (tertiary/aromatic N) is 1. The molecule has 2 N–H and O–H groups in total. The molecule has 1 amide bonds. The van der Waals surface area contributed by atoms with Crippen LogP contribution in [0.25, 0.3) is 10.9 Å². The molecule has 140 valence electrons. The zero-order valence-electron chi connectivity index (χ0n) is 14.5. The zero-order valence-corrected chi connectivity index (χ0v) is 17.7. The first-order valence-electron chi connectivity index (χ1n) is 8.11. The van der Waals surface area contributed by atoms with Crippen LogP contribution in [0.2, 0.25) is 0 Å². The zero-order chi connectivity index (χ0) is 19.7. The summed E-state index contributed by atoms with van der Waals surface area (Å²) in [5, 5.41) is 10.1. The van der Waals surface area contributed by atoms with Gasteiger partial charge in [-0.2, -0.15) is 0 Å². The molecule has 0 atom stereocenters. The third-order valence-corrected chi connectivity index (χ3v) is 5.30. The number of amides is 1. The highest BCUT2D eigenvalue weighted by Gasteiger charge is 2.23. The van der Waals surface area contributed by atoms with E-state index in [1.165, 1.54) is 4.90 Å². The van der Waals surface area contributed by atoms with Crippen molar-refractivity contribution in [3.05, 3.63) is 51.0 Å². The number of carbonyl (C=O) groups excluding carboxylic acids is 1. The monoisotopic (exact) mass is 494 g/mol. The molecule has 2 aromatic carbocycles. The maximum absolute atomic E-state index is 11.9. The van der Waals surface area contributed by atoms with Gasteiger partial charge in [-0.25, -0.2) is 4.79 Å². The number of fused-ring (bicyclic) bond motifs is 1. The number of halogens is 2. The Balaban J connectivity index is 1.95. The number of nitrogens with one attached hydrogen (secondary N) is 1. The normalized spacial score (nSPS) is 10.8. The Morgan fingerprint density at radius 2 is 1.85 bits per heavy atom. The molecule has 0 saturated heterocycles. The van der Waals surface area contributed by atoms with Crippen LogP contribution in [0.5, 0.6) is 11.5 Å². The minimum atomic E-state index is -1.50. The smallest absolute Gasteiger partial charge is 0.394 e. The molecule has 3 rings (SSSR count). The average Bonchev–Trinajstić information content (AvgIpc) is 2.99. The van der Waals surface area contributed by atoms with Gasteiger partial charge in [0, 0.05) is 29.3 Å². The third kappa shape index (κ3) is 3.86. The van der Waals surface area contributed by atoms with E-state index in [1.807, 2.05) is 31.3 Å². The fourth-order valence-electron chi connectivity index (χ4n) is 2.78. The van der Waals surface area contributed by atoms with Crippen LogP contribution in [0.3, 0.4) is 0 Å². The van der Waals surface area contributed by atoms with Crippen molar-refractivity contribution in [3.63, 3.8) is 0 Å². The number of carboxylic acids is 1. The fourth-order valence-corrected chi connectivity index (χ4v) is 4.10. The highest BCUT2D eigenvalue weighted by atomic mass is 79.9. The number of likely N-dealkylation sites (N-methyl/N-ethyl adjacent to an activating group) is 1. The molecule has 0 radical (unpaired) electrons. The SMILES string of the molecule is CCN(C(=O)C(=O)O)c1cc(Br)c(Oc2ccc3[nH]cc(C)c3c2)c(Br)c1. The van der Waals surface area contributed by atoms with E-state index >= 15 is 0 Å². The van der Waals surface area contributed by atoms with Gasteiger partial charge in [-0.1, -0.05) is 0 Å². The third-order valence-electron chi connectivity index (χ3n) is 4.12. The Hall–Kier alpha value is -2.32. The first-order valence-corrected chi connectivity index (χ1v) is 9.69. The number of carboxylic acid groups (broad SMARTS) is 1. The number of aromatic amines is 1. The number of hydrogen-bond donors (Lipinski definition) is 2. The first kappa shape index (κ1) is 19.4. The Labute approximate surface area is 172 Å². The molecule has 1 heterocycles. The van der Waals surface area contributed by atoms with Crippen molar-refractivity contribution in [1.82, 2.24) is 4.98 Å². The quantitative estimate of drug-likeness (QED) is 0.485. The van der Waals surface area contributed by atoms with Crippen molar-refractivity contribution in [2.45, 2.75) is 13.8 Å². The molecule has 0 unspecified atom stereocenters. The summed E-state index contributed by atoms with van der Waals surface area (Å²) in [4.78, 5) is 27.3. The topological polar surface area (TPSA) is 82.6 Å². The molecule has 27 heavy (non-hydrogen) atoms. The number of benzene rings is 2. The number of hydrogen-bond acceptors (Lipinski definition) is 3. The Morgan fingerprint density at radius 1 is 1.19 bits per heavy atom. The van der Waals surface area contributed by atoms with Gasteiger partial charge in [0.05, 0.1) is 8.95 Å². The molecule has 0 saturated carbocycles. The number of anilines is 1. The highest BCUT2D eigenvalue weighted by Crippen LogP contribution is 2.40. The number of aliphatic carboxylic acids is 1. The van der Waals surface area contributed by atoms with E-state index in [0.29, 0.717) is 26.1 Å². The van der Waals surface area contributed by atoms with Gasteiger partial charge in [0.1, 0.15) is 5.75 Å². The summed E-state index contributed by atoms with van der Waals surface area (Å²) in [5.74, 6) is -1.30. The summed E-state index contributed by atoms with van der Waals surface area (Å²) in [6.07, 6.45) is 1.94. The number of carbonyl (C=O) groups is 2. The van der Waals surface area contributed by atoms with Gasteiger partial charge in [-0.3, -0.25) is 4.79 Å². The average molecular weight is 496 g/mol. The molecule has 6 nitrogen and oxygen atoms in total. The van der Waals surface area contributed by atoms with Crippen molar-refractivity contribution in [2.24, 2.45) is 0 Å². The molecule has 0 fully saturated rings. The van der Waals surface area contributed by atoms with Crippen LogP contribution in [0.4, 0.5) is 5.69 Å². The maximum Gasteiger partial charge on any atom is 0.394 e. The molecular formula is C19H16Br2N2O4. The summed E-state index contributed by atoms with van der Waals surface area (Å²) >= 11 is 6.90. The summed E-state index contributed by atoms with van der Waals surface area (Å²) in [6, 6.07) is 9.06. The minimum absolute atomic E-state index is 0.230. The molecule has 0 aliphatic rings. The van der Waals surface area contributed by atoms with Crippen LogP contribution < -0.4 is 9.64 Å². The number of ether oxygens (including phenoxy) is 1. The molecule has 1 aromatic heterocycles. The summed E-state index contributed by atoms with van der Waals surface area (Å²) in [5.41, 5.74) is 2.60. The number of aryl methyl sites for hydroxylation is 1. The van der Waals surface area contributed by atoms with Gasteiger partial charge in [0.25, 0.3) is 0 Å². The van der Waals surface area contributed by atoms with Gasteiger partial charge >= 0.3 is 11.9 Å². The number of H-pyrrole nitrogens is 1. The lowest BCUT2D eigenvalue weighted by atomic mass is 10.2. The number of rotatable bonds is 4. The van der Waals surface area contributed by atoms with Crippen molar-refractivity contribution >= 4 is 60.3 Å². The molecule has 0 spiro atoms. The van der Waals surface area contributed by atoms with E-state index in [1.54, 1.807) is 19.1 Å². The molecule has 0 aliphatic carbocycles. The Bertz CT molecular complexity index is 1020. The van der Waals surface area contributed by atoms with E-state index in [4.69, 9.17) is 9.84 Å². The van der Waals surface area contributed by atoms with E-state index in [0.717, 1.165) is 16.5 Å². The molecular weight excluding hydrogens is 480 g/mol. The molecule has 3 aromatic rings. The number of aromatic nitrogens is 1. The summed E-state index contributed by atoms with van der Waals surface area (Å²) < 4.78 is 7.21. The first-order chi connectivity index (χ1) is 12.8. The predicted octanol–water partition coefficient (Wildman–Crippen LogP) is 5.23. The van der Waals surface area contributed by atoms with Crippen LogP contribution in [0.15, 0.2) is 45.5 Å². The summed E-state index contributed by atoms with van der Waals surface area (Å²) in [7, 11) is 0. The molecule has 8 heteroatoms. The van der Waals surface area contributed by atoms with Crippen LogP contribution in [-0.2, 0) is 9.59 Å².